The molecule has 2 aromatic rings. The number of nitrogens with zero attached hydrogens (tertiary/aromatic N) is 2. The van der Waals surface area contributed by atoms with Crippen molar-refractivity contribution in [3.05, 3.63) is 65.7 Å². The molecule has 0 saturated carbocycles. The average Bonchev–Trinajstić information content (AvgIpc) is 2.63. The van der Waals surface area contributed by atoms with Gasteiger partial charge in [0.05, 0.1) is 6.54 Å². The van der Waals surface area contributed by atoms with Crippen molar-refractivity contribution in [1.82, 2.24) is 4.90 Å². The van der Waals surface area contributed by atoms with Crippen LogP contribution in [0.4, 0.5) is 5.69 Å². The SMILES string of the molecule is NC(=NCc1ccccc1CN1CCCCC1)Nc1ccccc1. The molecule has 3 rings (SSSR count). The Morgan fingerprint density at radius 1 is 0.917 bits per heavy atom. The maximum atomic E-state index is 6.02. The second-order valence-electron chi connectivity index (χ2n) is 6.30. The molecule has 0 aromatic heterocycles. The first-order valence-electron chi connectivity index (χ1n) is 8.72. The molecule has 0 radical (unpaired) electrons. The predicted molar refractivity (Wildman–Crippen MR) is 101 cm³/mol. The zero-order valence-corrected chi connectivity index (χ0v) is 14.1. The van der Waals surface area contributed by atoms with Gasteiger partial charge in [-0.05, 0) is 49.2 Å². The second kappa shape index (κ2) is 8.50. The van der Waals surface area contributed by atoms with Crippen molar-refractivity contribution < 1.29 is 0 Å². The van der Waals surface area contributed by atoms with E-state index in [1.807, 2.05) is 30.3 Å². The molecule has 0 unspecified atom stereocenters. The molecule has 126 valence electrons. The van der Waals surface area contributed by atoms with Crippen molar-refractivity contribution in [2.45, 2.75) is 32.4 Å². The zero-order valence-electron chi connectivity index (χ0n) is 14.1. The molecule has 4 heteroatoms. The molecule has 4 nitrogen and oxygen atoms in total. The Kier molecular flexibility index (Phi) is 5.85. The van der Waals surface area contributed by atoms with Crippen molar-refractivity contribution >= 4 is 11.6 Å². The van der Waals surface area contributed by atoms with E-state index in [2.05, 4.69) is 39.5 Å². The van der Waals surface area contributed by atoms with Crippen molar-refractivity contribution in [3.63, 3.8) is 0 Å². The molecule has 1 heterocycles. The highest BCUT2D eigenvalue weighted by molar-refractivity contribution is 5.92. The van der Waals surface area contributed by atoms with Gasteiger partial charge in [0.2, 0.25) is 0 Å². The fourth-order valence-corrected chi connectivity index (χ4v) is 3.10. The first kappa shape index (κ1) is 16.5. The van der Waals surface area contributed by atoms with Crippen LogP contribution >= 0.6 is 0 Å². The van der Waals surface area contributed by atoms with Gasteiger partial charge in [0, 0.05) is 12.2 Å². The number of benzene rings is 2. The van der Waals surface area contributed by atoms with Crippen molar-refractivity contribution in [2.24, 2.45) is 10.7 Å². The molecule has 0 aliphatic carbocycles. The lowest BCUT2D eigenvalue weighted by atomic mass is 10.1. The minimum absolute atomic E-state index is 0.453. The average molecular weight is 322 g/mol. The Morgan fingerprint density at radius 3 is 2.33 bits per heavy atom. The number of aliphatic imine (C=N–C) groups is 1. The highest BCUT2D eigenvalue weighted by atomic mass is 15.1. The van der Waals surface area contributed by atoms with Crippen LogP contribution in [0.25, 0.3) is 0 Å². The predicted octanol–water partition coefficient (Wildman–Crippen LogP) is 3.60. The van der Waals surface area contributed by atoms with Gasteiger partial charge in [-0.1, -0.05) is 48.9 Å². The van der Waals surface area contributed by atoms with Gasteiger partial charge in [0.15, 0.2) is 5.96 Å². The smallest absolute Gasteiger partial charge is 0.193 e. The Morgan fingerprint density at radius 2 is 1.58 bits per heavy atom. The lowest BCUT2D eigenvalue weighted by molar-refractivity contribution is 0.220. The summed E-state index contributed by atoms with van der Waals surface area (Å²) in [4.78, 5) is 7.05. The first-order chi connectivity index (χ1) is 11.8. The van der Waals surface area contributed by atoms with Gasteiger partial charge in [-0.25, -0.2) is 4.99 Å². The topological polar surface area (TPSA) is 53.6 Å². The van der Waals surface area contributed by atoms with Crippen LogP contribution in [0.1, 0.15) is 30.4 Å². The number of anilines is 1. The molecular weight excluding hydrogens is 296 g/mol. The van der Waals surface area contributed by atoms with Crippen molar-refractivity contribution in [2.75, 3.05) is 18.4 Å². The Labute approximate surface area is 144 Å². The van der Waals surface area contributed by atoms with Crippen LogP contribution < -0.4 is 11.1 Å². The van der Waals surface area contributed by atoms with Gasteiger partial charge in [-0.2, -0.15) is 0 Å². The molecule has 0 spiro atoms. The molecule has 1 saturated heterocycles. The number of hydrogen-bond donors (Lipinski definition) is 2. The van der Waals surface area contributed by atoms with E-state index in [-0.39, 0.29) is 0 Å². The van der Waals surface area contributed by atoms with E-state index in [1.54, 1.807) is 0 Å². The van der Waals surface area contributed by atoms with Crippen molar-refractivity contribution in [1.29, 1.82) is 0 Å². The third-order valence-corrected chi connectivity index (χ3v) is 4.43. The van der Waals surface area contributed by atoms with E-state index in [0.29, 0.717) is 12.5 Å². The van der Waals surface area contributed by atoms with Crippen LogP contribution in [0.5, 0.6) is 0 Å². The number of likely N-dealkylation sites (tertiary alicyclic amines) is 1. The van der Waals surface area contributed by atoms with Gasteiger partial charge in [-0.3, -0.25) is 4.90 Å². The summed E-state index contributed by atoms with van der Waals surface area (Å²) in [6, 6.07) is 18.4. The third-order valence-electron chi connectivity index (χ3n) is 4.43. The third kappa shape index (κ3) is 4.83. The number of hydrogen-bond acceptors (Lipinski definition) is 2. The highest BCUT2D eigenvalue weighted by Gasteiger charge is 2.12. The van der Waals surface area contributed by atoms with Crippen LogP contribution in [0.3, 0.4) is 0 Å². The fourth-order valence-electron chi connectivity index (χ4n) is 3.10. The van der Waals surface area contributed by atoms with Gasteiger partial charge < -0.3 is 11.1 Å². The number of piperidine rings is 1. The van der Waals surface area contributed by atoms with Gasteiger partial charge in [0.1, 0.15) is 0 Å². The Bertz CT molecular complexity index is 660. The number of nitrogens with one attached hydrogen (secondary N) is 1. The molecule has 0 amide bonds. The van der Waals surface area contributed by atoms with E-state index in [4.69, 9.17) is 5.73 Å². The van der Waals surface area contributed by atoms with Gasteiger partial charge in [0.25, 0.3) is 0 Å². The van der Waals surface area contributed by atoms with Gasteiger partial charge in [-0.15, -0.1) is 0 Å². The summed E-state index contributed by atoms with van der Waals surface area (Å²) in [5.41, 5.74) is 9.58. The van der Waals surface area contributed by atoms with Gasteiger partial charge >= 0.3 is 0 Å². The summed E-state index contributed by atoms with van der Waals surface area (Å²) >= 11 is 0. The van der Waals surface area contributed by atoms with Crippen LogP contribution in [0.2, 0.25) is 0 Å². The largest absolute Gasteiger partial charge is 0.370 e. The summed E-state index contributed by atoms with van der Waals surface area (Å²) in [6.45, 7) is 4.03. The summed E-state index contributed by atoms with van der Waals surface area (Å²) < 4.78 is 0. The molecule has 2 aromatic carbocycles. The standard InChI is InChI=1S/C20H26N4/c21-20(23-19-11-3-1-4-12-19)22-15-17-9-5-6-10-18(17)16-24-13-7-2-8-14-24/h1,3-6,9-12H,2,7-8,13-16H2,(H3,21,22,23). The molecule has 0 bridgehead atoms. The summed E-state index contributed by atoms with van der Waals surface area (Å²) in [5, 5.41) is 3.13. The molecule has 3 N–H and O–H groups in total. The number of nitrogens with two attached hydrogens (primary N) is 1. The van der Waals surface area contributed by atoms with E-state index in [9.17, 15) is 0 Å². The van der Waals surface area contributed by atoms with E-state index >= 15 is 0 Å². The van der Waals surface area contributed by atoms with Crippen LogP contribution in [-0.4, -0.2) is 23.9 Å². The number of rotatable bonds is 5. The normalized spacial score (nSPS) is 16.1. The Hall–Kier alpha value is -2.33. The maximum Gasteiger partial charge on any atom is 0.193 e. The van der Waals surface area contributed by atoms with E-state index in [1.165, 1.54) is 43.5 Å². The lowest BCUT2D eigenvalue weighted by Crippen LogP contribution is -2.29. The summed E-state index contributed by atoms with van der Waals surface area (Å²) in [7, 11) is 0. The monoisotopic (exact) mass is 322 g/mol. The zero-order chi connectivity index (χ0) is 16.6. The summed E-state index contributed by atoms with van der Waals surface area (Å²) in [5.74, 6) is 0.453. The molecular formula is C20H26N4. The van der Waals surface area contributed by atoms with E-state index < -0.39 is 0 Å². The summed E-state index contributed by atoms with van der Waals surface area (Å²) in [6.07, 6.45) is 3.99. The number of guanidine groups is 1. The first-order valence-corrected chi connectivity index (χ1v) is 8.72. The number of para-hydroxylation sites is 1. The fraction of sp³-hybridized carbons (Fsp3) is 0.350. The van der Waals surface area contributed by atoms with Crippen LogP contribution in [-0.2, 0) is 13.1 Å². The highest BCUT2D eigenvalue weighted by Crippen LogP contribution is 2.17. The molecule has 1 aliphatic heterocycles. The minimum Gasteiger partial charge on any atom is -0.370 e. The lowest BCUT2D eigenvalue weighted by Gasteiger charge is -2.27. The molecule has 1 aliphatic rings. The molecule has 24 heavy (non-hydrogen) atoms. The second-order valence-corrected chi connectivity index (χ2v) is 6.30. The quantitative estimate of drug-likeness (QED) is 0.653. The van der Waals surface area contributed by atoms with Crippen molar-refractivity contribution in [3.8, 4) is 0 Å². The molecule has 1 fully saturated rings. The Balaban J connectivity index is 1.63. The maximum absolute atomic E-state index is 6.02. The molecule has 0 atom stereocenters. The van der Waals surface area contributed by atoms with E-state index in [0.717, 1.165) is 12.2 Å². The minimum atomic E-state index is 0.453. The van der Waals surface area contributed by atoms with Crippen LogP contribution in [0, 0.1) is 0 Å². The van der Waals surface area contributed by atoms with Crippen LogP contribution in [0.15, 0.2) is 59.6 Å².